The van der Waals surface area contributed by atoms with Crippen molar-refractivity contribution in [1.29, 1.82) is 5.26 Å². The number of phenolic OH excluding ortho intramolecular Hbond substituents is 1. The molecule has 1 N–H and O–H groups in total. The van der Waals surface area contributed by atoms with Gasteiger partial charge in [0.05, 0.1) is 17.0 Å². The van der Waals surface area contributed by atoms with Gasteiger partial charge in [-0.1, -0.05) is 0 Å². The number of nitrogens with zero attached hydrogens (tertiary/aromatic N) is 1. The molecule has 0 aliphatic rings. The van der Waals surface area contributed by atoms with E-state index in [0.717, 1.165) is 21.5 Å². The van der Waals surface area contributed by atoms with E-state index in [-0.39, 0.29) is 11.2 Å². The molecule has 0 aliphatic carbocycles. The fourth-order valence-electron chi connectivity index (χ4n) is 3.31. The van der Waals surface area contributed by atoms with Gasteiger partial charge >= 0.3 is 0 Å². The lowest BCUT2D eigenvalue weighted by atomic mass is 10.0. The summed E-state index contributed by atoms with van der Waals surface area (Å²) in [5.41, 5.74) is 2.12. The molecular formula is C20H9NO4. The van der Waals surface area contributed by atoms with Gasteiger partial charge in [-0.05, 0) is 36.4 Å². The first-order valence-corrected chi connectivity index (χ1v) is 7.60. The van der Waals surface area contributed by atoms with Crippen molar-refractivity contribution in [3.63, 3.8) is 0 Å². The number of hydrogen-bond acceptors (Lipinski definition) is 5. The van der Waals surface area contributed by atoms with Gasteiger partial charge in [0.15, 0.2) is 5.43 Å². The summed E-state index contributed by atoms with van der Waals surface area (Å²) in [6.45, 7) is 0. The van der Waals surface area contributed by atoms with Crippen molar-refractivity contribution < 1.29 is 13.9 Å². The topological polar surface area (TPSA) is 87.4 Å². The van der Waals surface area contributed by atoms with Gasteiger partial charge in [0, 0.05) is 28.3 Å². The van der Waals surface area contributed by atoms with Crippen LogP contribution < -0.4 is 5.43 Å². The highest BCUT2D eigenvalue weighted by Crippen LogP contribution is 2.39. The second kappa shape index (κ2) is 4.62. The maximum absolute atomic E-state index is 11.7. The molecule has 0 bridgehead atoms. The highest BCUT2D eigenvalue weighted by Gasteiger charge is 2.16. The zero-order valence-electron chi connectivity index (χ0n) is 12.7. The van der Waals surface area contributed by atoms with Crippen molar-refractivity contribution in [2.75, 3.05) is 0 Å². The zero-order valence-corrected chi connectivity index (χ0v) is 12.7. The monoisotopic (exact) mass is 327 g/mol. The number of benzene rings is 3. The number of nitriles is 1. The van der Waals surface area contributed by atoms with Crippen LogP contribution in [-0.2, 0) is 0 Å². The van der Waals surface area contributed by atoms with Crippen molar-refractivity contribution in [3.05, 3.63) is 64.3 Å². The van der Waals surface area contributed by atoms with E-state index in [1.54, 1.807) is 30.3 Å². The minimum Gasteiger partial charge on any atom is -0.508 e. The van der Waals surface area contributed by atoms with Gasteiger partial charge < -0.3 is 13.9 Å². The van der Waals surface area contributed by atoms with Crippen LogP contribution in [0.1, 0.15) is 5.56 Å². The summed E-state index contributed by atoms with van der Waals surface area (Å²) in [5.74, 6) is 0.0849. The van der Waals surface area contributed by atoms with Gasteiger partial charge in [-0.15, -0.1) is 0 Å². The van der Waals surface area contributed by atoms with Crippen LogP contribution in [0.2, 0.25) is 0 Å². The third-order valence-electron chi connectivity index (χ3n) is 4.34. The minimum atomic E-state index is -0.155. The van der Waals surface area contributed by atoms with Crippen LogP contribution in [0, 0.1) is 11.3 Å². The molecule has 5 heteroatoms. The molecule has 3 aromatic carbocycles. The summed E-state index contributed by atoms with van der Waals surface area (Å²) in [6.07, 6.45) is 0. The Morgan fingerprint density at radius 1 is 0.800 bits per heavy atom. The first kappa shape index (κ1) is 13.6. The van der Waals surface area contributed by atoms with E-state index >= 15 is 0 Å². The van der Waals surface area contributed by atoms with Crippen LogP contribution in [-0.4, -0.2) is 5.11 Å². The van der Waals surface area contributed by atoms with Crippen LogP contribution in [0.15, 0.2) is 62.2 Å². The Morgan fingerprint density at radius 3 is 2.12 bits per heavy atom. The molecule has 0 radical (unpaired) electrons. The average molecular weight is 327 g/mol. The van der Waals surface area contributed by atoms with Gasteiger partial charge in [-0.2, -0.15) is 5.26 Å². The molecule has 0 unspecified atom stereocenters. The lowest BCUT2D eigenvalue weighted by molar-refractivity contribution is 0.474. The fraction of sp³-hybridized carbons (Fsp3) is 0. The molecule has 0 amide bonds. The van der Waals surface area contributed by atoms with E-state index in [4.69, 9.17) is 8.83 Å². The Balaban J connectivity index is 2.20. The molecule has 5 nitrogen and oxygen atoms in total. The molecule has 0 fully saturated rings. The molecule has 25 heavy (non-hydrogen) atoms. The van der Waals surface area contributed by atoms with Crippen LogP contribution in [0.3, 0.4) is 0 Å². The van der Waals surface area contributed by atoms with E-state index < -0.39 is 0 Å². The summed E-state index contributed by atoms with van der Waals surface area (Å²) in [7, 11) is 0. The maximum Gasteiger partial charge on any atom is 0.182 e. The van der Waals surface area contributed by atoms with E-state index in [0.29, 0.717) is 27.9 Å². The van der Waals surface area contributed by atoms with Crippen LogP contribution in [0.4, 0.5) is 0 Å². The Kier molecular flexibility index (Phi) is 2.52. The predicted molar refractivity (Wildman–Crippen MR) is 93.6 cm³/mol. The van der Waals surface area contributed by atoms with Crippen LogP contribution in [0.5, 0.6) is 5.75 Å². The molecule has 5 rings (SSSR count). The number of rotatable bonds is 0. The van der Waals surface area contributed by atoms with Gasteiger partial charge in [-0.3, -0.25) is 4.79 Å². The molecule has 118 valence electrons. The highest BCUT2D eigenvalue weighted by molar-refractivity contribution is 6.25. The van der Waals surface area contributed by atoms with E-state index in [2.05, 4.69) is 6.07 Å². The van der Waals surface area contributed by atoms with Gasteiger partial charge in [0.1, 0.15) is 28.1 Å². The Labute approximate surface area is 139 Å². The summed E-state index contributed by atoms with van der Waals surface area (Å²) >= 11 is 0. The molecule has 2 aromatic heterocycles. The standard InChI is InChI=1S/C20H9NO4/c21-9-10-5-17-20-18(6-10)25-16-8-12(23)2-4-14(16)19(20)13-3-1-11(22)7-15(13)24-17/h1-8,22H. The van der Waals surface area contributed by atoms with Crippen molar-refractivity contribution in [2.24, 2.45) is 0 Å². The molecule has 0 atom stereocenters. The van der Waals surface area contributed by atoms with Crippen molar-refractivity contribution in [2.45, 2.75) is 0 Å². The largest absolute Gasteiger partial charge is 0.508 e. The number of aromatic hydroxyl groups is 1. The third kappa shape index (κ3) is 1.85. The fourth-order valence-corrected chi connectivity index (χ4v) is 3.31. The summed E-state index contributed by atoms with van der Waals surface area (Å²) in [6, 6.07) is 14.9. The van der Waals surface area contributed by atoms with Crippen molar-refractivity contribution in [3.8, 4) is 11.8 Å². The van der Waals surface area contributed by atoms with Crippen molar-refractivity contribution >= 4 is 43.9 Å². The van der Waals surface area contributed by atoms with Gasteiger partial charge in [0.2, 0.25) is 0 Å². The van der Waals surface area contributed by atoms with Gasteiger partial charge in [-0.25, -0.2) is 0 Å². The third-order valence-corrected chi connectivity index (χ3v) is 4.34. The van der Waals surface area contributed by atoms with Gasteiger partial charge in [0.25, 0.3) is 0 Å². The summed E-state index contributed by atoms with van der Waals surface area (Å²) < 4.78 is 11.8. The first-order chi connectivity index (χ1) is 12.1. The lowest BCUT2D eigenvalue weighted by Gasteiger charge is -2.11. The summed E-state index contributed by atoms with van der Waals surface area (Å²) in [5, 5.41) is 22.2. The molecule has 5 aromatic rings. The van der Waals surface area contributed by atoms with Crippen molar-refractivity contribution in [1.82, 2.24) is 0 Å². The molecule has 0 aliphatic heterocycles. The van der Waals surface area contributed by atoms with E-state index in [1.165, 1.54) is 18.2 Å². The maximum atomic E-state index is 11.7. The number of hydrogen-bond donors (Lipinski definition) is 1. The lowest BCUT2D eigenvalue weighted by Crippen LogP contribution is -1.95. The van der Waals surface area contributed by atoms with Crippen LogP contribution >= 0.6 is 0 Å². The first-order valence-electron chi connectivity index (χ1n) is 7.60. The SMILES string of the molecule is N#Cc1cc2oc3cc(O)ccc3c3c4ccc(=O)cc4oc(c1)c23. The Morgan fingerprint density at radius 2 is 1.44 bits per heavy atom. The minimum absolute atomic E-state index is 0.0849. The van der Waals surface area contributed by atoms with E-state index in [9.17, 15) is 15.2 Å². The molecule has 2 heterocycles. The number of phenols is 1. The number of fused-ring (bicyclic) bond motifs is 4. The second-order valence-corrected chi connectivity index (χ2v) is 5.88. The van der Waals surface area contributed by atoms with E-state index in [1.807, 2.05) is 0 Å². The Bertz CT molecular complexity index is 1430. The highest BCUT2D eigenvalue weighted by atomic mass is 16.3. The smallest absolute Gasteiger partial charge is 0.182 e. The van der Waals surface area contributed by atoms with Crippen LogP contribution in [0.25, 0.3) is 43.9 Å². The molecule has 0 saturated carbocycles. The predicted octanol–water partition coefficient (Wildman–Crippen LogP) is 4.42. The zero-order chi connectivity index (χ0) is 17.1. The average Bonchev–Trinajstić information content (AvgIpc) is 2.60. The normalized spacial score (nSPS) is 11.5. The summed E-state index contributed by atoms with van der Waals surface area (Å²) in [4.78, 5) is 11.7. The molecular weight excluding hydrogens is 318 g/mol. The second-order valence-electron chi connectivity index (χ2n) is 5.88. The quantitative estimate of drug-likeness (QED) is 0.336. The molecule has 0 saturated heterocycles. The Hall–Kier alpha value is -3.78. The molecule has 0 spiro atoms.